The minimum atomic E-state index is -0.732. The van der Waals surface area contributed by atoms with E-state index in [1.807, 2.05) is 0 Å². The lowest BCUT2D eigenvalue weighted by atomic mass is 10.1. The maximum absolute atomic E-state index is 12.3. The number of carbonyl (C=O) groups is 4. The first-order valence-electron chi connectivity index (χ1n) is 8.78. The van der Waals surface area contributed by atoms with Crippen molar-refractivity contribution in [3.05, 3.63) is 23.2 Å². The first kappa shape index (κ1) is 19.9. The molecule has 1 saturated carbocycles. The van der Waals surface area contributed by atoms with E-state index in [4.69, 9.17) is 21.1 Å². The third-order valence-corrected chi connectivity index (χ3v) is 4.64. The summed E-state index contributed by atoms with van der Waals surface area (Å²) in [6.45, 7) is -0.514. The van der Waals surface area contributed by atoms with Crippen LogP contribution >= 0.6 is 11.6 Å². The van der Waals surface area contributed by atoms with Gasteiger partial charge in [-0.1, -0.05) is 11.6 Å². The van der Waals surface area contributed by atoms with E-state index in [1.54, 1.807) is 18.2 Å². The van der Waals surface area contributed by atoms with Crippen molar-refractivity contribution in [1.29, 1.82) is 0 Å². The van der Waals surface area contributed by atoms with Gasteiger partial charge in [0.15, 0.2) is 6.61 Å². The molecule has 1 aromatic carbocycles. The third-order valence-electron chi connectivity index (χ3n) is 4.40. The maximum Gasteiger partial charge on any atom is 0.321 e. The molecule has 28 heavy (non-hydrogen) atoms. The zero-order valence-corrected chi connectivity index (χ0v) is 16.0. The summed E-state index contributed by atoms with van der Waals surface area (Å²) in [6, 6.07) is 4.34. The number of rotatable bonds is 6. The monoisotopic (exact) mass is 409 g/mol. The average Bonchev–Trinajstić information content (AvgIpc) is 3.38. The quantitative estimate of drug-likeness (QED) is 0.683. The van der Waals surface area contributed by atoms with Gasteiger partial charge in [-0.3, -0.25) is 19.7 Å². The van der Waals surface area contributed by atoms with Gasteiger partial charge in [0.2, 0.25) is 5.91 Å². The number of amides is 4. The summed E-state index contributed by atoms with van der Waals surface area (Å²) in [5.41, 5.74) is 0.463. The van der Waals surface area contributed by atoms with Crippen molar-refractivity contribution in [2.45, 2.75) is 25.3 Å². The molecule has 4 amide bonds. The van der Waals surface area contributed by atoms with Crippen molar-refractivity contribution in [3.63, 3.8) is 0 Å². The highest BCUT2D eigenvalue weighted by Crippen LogP contribution is 2.35. The summed E-state index contributed by atoms with van der Waals surface area (Å²) in [6.07, 6.45) is 1.72. The smallest absolute Gasteiger partial charge is 0.321 e. The fourth-order valence-electron chi connectivity index (χ4n) is 2.84. The number of nitrogens with one attached hydrogen (secondary N) is 2. The number of urea groups is 1. The van der Waals surface area contributed by atoms with E-state index in [1.165, 1.54) is 12.0 Å². The summed E-state index contributed by atoms with van der Waals surface area (Å²) in [5, 5.41) is 5.10. The minimum Gasteiger partial charge on any atom is -0.495 e. The number of halogens is 1. The zero-order chi connectivity index (χ0) is 20.3. The number of esters is 1. The van der Waals surface area contributed by atoms with E-state index < -0.39 is 30.4 Å². The van der Waals surface area contributed by atoms with Crippen molar-refractivity contribution >= 4 is 41.1 Å². The largest absolute Gasteiger partial charge is 0.495 e. The molecule has 1 heterocycles. The molecule has 0 radical (unpaired) electrons. The van der Waals surface area contributed by atoms with Crippen LogP contribution in [0, 0.1) is 5.92 Å². The van der Waals surface area contributed by atoms with Crippen molar-refractivity contribution in [2.24, 2.45) is 5.92 Å². The predicted molar refractivity (Wildman–Crippen MR) is 99.1 cm³/mol. The number of imide groups is 1. The van der Waals surface area contributed by atoms with Gasteiger partial charge in [0.05, 0.1) is 18.7 Å². The molecular formula is C18H20ClN3O6. The van der Waals surface area contributed by atoms with Gasteiger partial charge in [0.25, 0.3) is 5.91 Å². The van der Waals surface area contributed by atoms with Crippen LogP contribution in [-0.2, 0) is 19.1 Å². The van der Waals surface area contributed by atoms with Crippen LogP contribution in [0.25, 0.3) is 0 Å². The second kappa shape index (κ2) is 8.47. The normalized spacial score (nSPS) is 18.6. The second-order valence-electron chi connectivity index (χ2n) is 6.63. The Morgan fingerprint density at radius 3 is 2.71 bits per heavy atom. The van der Waals surface area contributed by atoms with Gasteiger partial charge < -0.3 is 19.7 Å². The van der Waals surface area contributed by atoms with Crippen molar-refractivity contribution in [2.75, 3.05) is 25.2 Å². The molecule has 0 unspecified atom stereocenters. The van der Waals surface area contributed by atoms with Crippen LogP contribution in [0.15, 0.2) is 18.2 Å². The Hall–Kier alpha value is -2.81. The van der Waals surface area contributed by atoms with Crippen molar-refractivity contribution in [3.8, 4) is 5.75 Å². The lowest BCUT2D eigenvalue weighted by Gasteiger charge is -2.19. The van der Waals surface area contributed by atoms with Crippen LogP contribution in [0.2, 0.25) is 5.02 Å². The van der Waals surface area contributed by atoms with Gasteiger partial charge in [-0.15, -0.1) is 0 Å². The molecule has 1 aliphatic carbocycles. The molecule has 2 N–H and O–H groups in total. The number of benzene rings is 1. The predicted octanol–water partition coefficient (Wildman–Crippen LogP) is 1.23. The highest BCUT2D eigenvalue weighted by atomic mass is 35.5. The Balaban J connectivity index is 1.53. The Labute approximate surface area is 166 Å². The molecule has 10 heteroatoms. The first-order valence-corrected chi connectivity index (χ1v) is 9.16. The molecule has 0 bridgehead atoms. The summed E-state index contributed by atoms with van der Waals surface area (Å²) >= 11 is 6.00. The summed E-state index contributed by atoms with van der Waals surface area (Å²) in [4.78, 5) is 49.1. The molecule has 1 aliphatic heterocycles. The Morgan fingerprint density at radius 2 is 2.04 bits per heavy atom. The number of hydrogen-bond acceptors (Lipinski definition) is 6. The highest BCUT2D eigenvalue weighted by Gasteiger charge is 2.37. The van der Waals surface area contributed by atoms with Crippen LogP contribution in [0.1, 0.15) is 19.3 Å². The fourth-order valence-corrected chi connectivity index (χ4v) is 3.01. The van der Waals surface area contributed by atoms with Gasteiger partial charge in [-0.25, -0.2) is 4.79 Å². The van der Waals surface area contributed by atoms with Crippen LogP contribution in [-0.4, -0.2) is 50.1 Å². The van der Waals surface area contributed by atoms with E-state index in [0.717, 1.165) is 12.8 Å². The molecule has 0 spiro atoms. The van der Waals surface area contributed by atoms with Gasteiger partial charge in [0, 0.05) is 24.0 Å². The van der Waals surface area contributed by atoms with E-state index in [0.29, 0.717) is 16.5 Å². The SMILES string of the molecule is COc1ccc(Cl)cc1N1C[C@@H](C(=O)OCC(=O)NC(=O)NC2CC2)CC1=O. The molecule has 3 rings (SSSR count). The molecule has 0 aromatic heterocycles. The maximum atomic E-state index is 12.3. The van der Waals surface area contributed by atoms with Crippen molar-refractivity contribution < 1.29 is 28.7 Å². The first-order chi connectivity index (χ1) is 13.4. The molecule has 2 fully saturated rings. The lowest BCUT2D eigenvalue weighted by molar-refractivity contribution is -0.152. The Kier molecular flexibility index (Phi) is 6.03. The molecule has 1 saturated heterocycles. The number of nitrogens with zero attached hydrogens (tertiary/aromatic N) is 1. The number of anilines is 1. The van der Waals surface area contributed by atoms with Gasteiger partial charge >= 0.3 is 12.0 Å². The van der Waals surface area contributed by atoms with Crippen molar-refractivity contribution in [1.82, 2.24) is 10.6 Å². The van der Waals surface area contributed by atoms with Gasteiger partial charge in [-0.05, 0) is 31.0 Å². The number of ether oxygens (including phenoxy) is 2. The Morgan fingerprint density at radius 1 is 1.29 bits per heavy atom. The molecule has 1 aromatic rings. The van der Waals surface area contributed by atoms with E-state index in [2.05, 4.69) is 10.6 Å². The fraction of sp³-hybridized carbons (Fsp3) is 0.444. The Bertz CT molecular complexity index is 811. The van der Waals surface area contributed by atoms with E-state index >= 15 is 0 Å². The third kappa shape index (κ3) is 4.92. The average molecular weight is 410 g/mol. The molecule has 1 atom stereocenters. The van der Waals surface area contributed by atoms with Crippen LogP contribution < -0.4 is 20.3 Å². The summed E-state index contributed by atoms with van der Waals surface area (Å²) in [7, 11) is 1.47. The second-order valence-corrected chi connectivity index (χ2v) is 7.06. The molecule has 2 aliphatic rings. The van der Waals surface area contributed by atoms with Gasteiger partial charge in [0.1, 0.15) is 5.75 Å². The zero-order valence-electron chi connectivity index (χ0n) is 15.2. The van der Waals surface area contributed by atoms with Crippen LogP contribution in [0.4, 0.5) is 10.5 Å². The minimum absolute atomic E-state index is 0.0573. The van der Waals surface area contributed by atoms with E-state index in [-0.39, 0.29) is 24.9 Å². The summed E-state index contributed by atoms with van der Waals surface area (Å²) < 4.78 is 10.2. The lowest BCUT2D eigenvalue weighted by Crippen LogP contribution is -2.42. The van der Waals surface area contributed by atoms with Gasteiger partial charge in [-0.2, -0.15) is 0 Å². The topological polar surface area (TPSA) is 114 Å². The van der Waals surface area contributed by atoms with Crippen LogP contribution in [0.3, 0.4) is 0 Å². The molecular weight excluding hydrogens is 390 g/mol. The number of carbonyl (C=O) groups excluding carboxylic acids is 4. The number of hydrogen-bond donors (Lipinski definition) is 2. The molecule has 9 nitrogen and oxygen atoms in total. The molecule has 150 valence electrons. The standard InChI is InChI=1S/C18H20ClN3O6/c1-27-14-5-2-11(19)7-13(14)22-8-10(6-16(22)24)17(25)28-9-15(23)21-18(26)20-12-3-4-12/h2,5,7,10,12H,3-4,6,8-9H2,1H3,(H2,20,21,23,26)/t10-/m0/s1. The van der Waals surface area contributed by atoms with E-state index in [9.17, 15) is 19.2 Å². The summed E-state index contributed by atoms with van der Waals surface area (Å²) in [5.74, 6) is -1.98. The number of methoxy groups -OCH3 is 1. The highest BCUT2D eigenvalue weighted by molar-refractivity contribution is 6.31. The van der Waals surface area contributed by atoms with Crippen LogP contribution in [0.5, 0.6) is 5.75 Å².